The molecule has 0 radical (unpaired) electrons. The molecule has 1 fully saturated rings. The van der Waals surface area contributed by atoms with Crippen LogP contribution in [0.4, 0.5) is 0 Å². The normalized spacial score (nSPS) is 12.6. The van der Waals surface area contributed by atoms with Crippen molar-refractivity contribution in [1.29, 1.82) is 0 Å². The fourth-order valence-electron chi connectivity index (χ4n) is 19.7. The maximum absolute atomic E-state index is 6.84. The van der Waals surface area contributed by atoms with Crippen molar-refractivity contribution in [2.24, 2.45) is 0 Å². The van der Waals surface area contributed by atoms with Gasteiger partial charge in [0.1, 0.15) is 44.7 Å². The average molecular weight is 1880 g/mol. The van der Waals surface area contributed by atoms with E-state index < -0.39 is 18.3 Å². The molecule has 16 heteroatoms. The second kappa shape index (κ2) is 37.1. The topological polar surface area (TPSA) is 158 Å². The summed E-state index contributed by atoms with van der Waals surface area (Å²) < 4.78 is 43.6. The van der Waals surface area contributed by atoms with Gasteiger partial charge in [0.2, 0.25) is 5.28 Å². The van der Waals surface area contributed by atoms with Crippen molar-refractivity contribution >= 4 is 156 Å². The number of fused-ring (bicyclic) bond motifs is 18. The van der Waals surface area contributed by atoms with Crippen LogP contribution in [0.15, 0.2) is 430 Å². The Morgan fingerprint density at radius 2 is 0.569 bits per heavy atom. The highest BCUT2D eigenvalue weighted by atomic mass is 35.5. The third-order valence-corrected chi connectivity index (χ3v) is 27.4. The molecule has 0 aliphatic carbocycles. The molecule has 0 atom stereocenters. The number of furan rings is 4. The van der Waals surface area contributed by atoms with Gasteiger partial charge < -0.3 is 36.1 Å². The van der Waals surface area contributed by atoms with Crippen molar-refractivity contribution in [3.8, 4) is 148 Å². The number of benzene rings is 18. The zero-order valence-corrected chi connectivity index (χ0v) is 80.0. The highest BCUT2D eigenvalue weighted by Crippen LogP contribution is 2.47. The fourth-order valence-corrected chi connectivity index (χ4v) is 19.9. The number of aromatic nitrogens is 8. The summed E-state index contributed by atoms with van der Waals surface area (Å²) in [6, 6.07) is 142. The van der Waals surface area contributed by atoms with Gasteiger partial charge in [0.25, 0.3) is 0 Å². The van der Waals surface area contributed by atoms with Crippen LogP contribution in [0, 0.1) is 35.5 Å². The van der Waals surface area contributed by atoms with Crippen LogP contribution in [0.25, 0.3) is 244 Å². The maximum Gasteiger partial charge on any atom is 0.498 e. The molecule has 27 rings (SSSR count). The Balaban J connectivity index is 0.000000118. The summed E-state index contributed by atoms with van der Waals surface area (Å²) in [7, 11) is -0.481. The van der Waals surface area contributed by atoms with Crippen molar-refractivity contribution < 1.29 is 27.0 Å². The van der Waals surface area contributed by atoms with Gasteiger partial charge in [0, 0.05) is 104 Å². The van der Waals surface area contributed by atoms with Crippen LogP contribution in [0.1, 0.15) is 41.5 Å². The fraction of sp³-hybridized carbons (Fsp3) is 0.0625. The first kappa shape index (κ1) is 88.4. The third kappa shape index (κ3) is 16.3. The van der Waals surface area contributed by atoms with Crippen LogP contribution in [0.3, 0.4) is 0 Å². The lowest BCUT2D eigenvalue weighted by molar-refractivity contribution is 0.00578. The SMILES string of the molecule is CC#CC#CC#CC.CC1(C)OB(c2cccc3c2oc2cc(-c4ccc5c6ccccc6n(-c6ccccc6)c5c4)ccc23)OC1(C)C.Clc1nc(-c2ccccc2)nc(-c2ccc3c(c2)oc2cccc(-c4ccccc4)c23)n1.c1ccc(-c2nc(-c3ccc4c(c3)oc3cccc(-c5ccccc5)c34)nc(-c3cccc4c3oc3cc(-c5ccc6c7ccccc7n(-c7ccccc7)c6c5)ccc34)n2)cc1. The first-order valence-electron chi connectivity index (χ1n) is 47.8. The minimum absolute atomic E-state index is 0.157. The van der Waals surface area contributed by atoms with Crippen molar-refractivity contribution in [3.05, 3.63) is 418 Å². The van der Waals surface area contributed by atoms with Crippen LogP contribution in [0.5, 0.6) is 0 Å². The summed E-state index contributed by atoms with van der Waals surface area (Å²) >= 11 is 6.24. The Morgan fingerprint density at radius 3 is 1.03 bits per heavy atom. The van der Waals surface area contributed by atoms with Gasteiger partial charge >= 0.3 is 7.12 Å². The number of hydrogen-bond acceptors (Lipinski definition) is 12. The van der Waals surface area contributed by atoms with E-state index in [0.717, 1.165) is 182 Å². The molecule has 0 N–H and O–H groups in total. The second-order valence-electron chi connectivity index (χ2n) is 36.5. The van der Waals surface area contributed by atoms with Gasteiger partial charge in [-0.05, 0) is 237 Å². The molecule has 1 aliphatic heterocycles. The maximum atomic E-state index is 6.84. The zero-order valence-electron chi connectivity index (χ0n) is 79.2. The monoisotopic (exact) mass is 1880 g/mol. The standard InChI is InChI=1S/C57H34N4O2.C36H30BNO3.C27H16ClN3O.C8H6/c1-4-14-35(15-5-1)41-21-13-25-50-53(41)46-31-28-39(34-52(46)62-50)56-58-55(36-16-6-2-7-17-36)59-57(60-56)47-23-12-22-45-44-30-27-38(33-51(44)63-54(45)47)37-26-29-43-42-20-10-11-24-48(42)61(49(43)32-37)40-18-8-3-9-19-40;1-35(2)36(3,4)41-37(40-35)30-15-10-14-29-28-20-18-24(22-33(28)39-34(29)30)23-17-19-27-26-13-8-9-16-31(26)38(32(27)21-23)25-11-6-5-7-12-25;28-27-30-25(18-10-5-2-6-11-18)29-26(31-27)19-14-15-21-23(16-19)32-22-13-7-12-20(24(21)22)17-8-3-1-4-9-17;1-3-5-7-8-6-4-2/h1-34H;5-22H,1-4H3;1-16H;1-2H3. The molecule has 0 unspecified atom stereocenters. The Hall–Kier alpha value is -18.3. The smallest absolute Gasteiger partial charge is 0.456 e. The van der Waals surface area contributed by atoms with Gasteiger partial charge in [-0.3, -0.25) is 0 Å². The van der Waals surface area contributed by atoms with Gasteiger partial charge in [0.05, 0.1) is 38.8 Å². The number of nitrogens with zero attached hydrogens (tertiary/aromatic N) is 8. The van der Waals surface area contributed by atoms with E-state index in [1.165, 1.54) is 38.1 Å². The predicted molar refractivity (Wildman–Crippen MR) is 588 cm³/mol. The summed E-state index contributed by atoms with van der Waals surface area (Å²) in [5.74, 6) is 18.2. The largest absolute Gasteiger partial charge is 0.498 e. The van der Waals surface area contributed by atoms with Gasteiger partial charge in [0.15, 0.2) is 29.1 Å². The molecule has 0 amide bonds. The first-order valence-corrected chi connectivity index (χ1v) is 48.2. The molecule has 684 valence electrons. The number of para-hydroxylation sites is 6. The van der Waals surface area contributed by atoms with Crippen molar-refractivity contribution in [1.82, 2.24) is 39.0 Å². The molecule has 0 saturated carbocycles. The zero-order chi connectivity index (χ0) is 97.1. The lowest BCUT2D eigenvalue weighted by atomic mass is 9.78. The van der Waals surface area contributed by atoms with Gasteiger partial charge in [-0.2, -0.15) is 9.97 Å². The van der Waals surface area contributed by atoms with Gasteiger partial charge in [-0.1, -0.05) is 309 Å². The molecule has 8 aromatic heterocycles. The van der Waals surface area contributed by atoms with Crippen LogP contribution in [-0.2, 0) is 9.31 Å². The van der Waals surface area contributed by atoms with Crippen molar-refractivity contribution in [2.45, 2.75) is 52.7 Å². The van der Waals surface area contributed by atoms with Crippen LogP contribution < -0.4 is 5.46 Å². The van der Waals surface area contributed by atoms with E-state index in [9.17, 15) is 0 Å². The molecule has 0 bridgehead atoms. The summed E-state index contributed by atoms with van der Waals surface area (Å²) in [6.45, 7) is 11.8. The lowest BCUT2D eigenvalue weighted by Crippen LogP contribution is -2.41. The van der Waals surface area contributed by atoms with E-state index in [0.29, 0.717) is 29.1 Å². The molecular formula is C128H86BClN8O6. The Bertz CT molecular complexity index is 9700. The van der Waals surface area contributed by atoms with E-state index in [4.69, 9.17) is 53.5 Å². The molecular weight excluding hydrogens is 1790 g/mol. The summed E-state index contributed by atoms with van der Waals surface area (Å²) in [4.78, 5) is 28.6. The molecule has 1 saturated heterocycles. The van der Waals surface area contributed by atoms with E-state index >= 15 is 0 Å². The Morgan fingerprint density at radius 1 is 0.243 bits per heavy atom. The highest BCUT2D eigenvalue weighted by Gasteiger charge is 2.52. The van der Waals surface area contributed by atoms with Gasteiger partial charge in [-0.15, -0.1) is 0 Å². The van der Waals surface area contributed by atoms with Crippen LogP contribution in [-0.4, -0.2) is 57.4 Å². The minimum atomic E-state index is -0.481. The molecule has 144 heavy (non-hydrogen) atoms. The Kier molecular flexibility index (Phi) is 22.8. The third-order valence-electron chi connectivity index (χ3n) is 27.2. The summed E-state index contributed by atoms with van der Waals surface area (Å²) in [5.41, 5.74) is 26.7. The Labute approximate surface area is 834 Å². The van der Waals surface area contributed by atoms with E-state index in [1.54, 1.807) is 13.8 Å². The number of rotatable bonds is 12. The minimum Gasteiger partial charge on any atom is -0.456 e. The van der Waals surface area contributed by atoms with Crippen LogP contribution >= 0.6 is 11.6 Å². The van der Waals surface area contributed by atoms with E-state index in [2.05, 4.69) is 354 Å². The molecule has 0 spiro atoms. The number of halogens is 1. The molecule has 1 aliphatic rings. The highest BCUT2D eigenvalue weighted by molar-refractivity contribution is 6.65. The molecule has 18 aromatic carbocycles. The van der Waals surface area contributed by atoms with E-state index in [1.807, 2.05) is 146 Å². The lowest BCUT2D eigenvalue weighted by Gasteiger charge is -2.32. The molecule has 26 aromatic rings. The summed E-state index contributed by atoms with van der Waals surface area (Å²) in [6.07, 6.45) is 0. The second-order valence-corrected chi connectivity index (χ2v) is 36.8. The van der Waals surface area contributed by atoms with Gasteiger partial charge in [-0.25, -0.2) is 19.9 Å². The average Bonchev–Trinajstić information content (AvgIpc) is 1.61. The number of hydrogen-bond donors (Lipinski definition) is 0. The first-order chi connectivity index (χ1) is 70.7. The van der Waals surface area contributed by atoms with Crippen LogP contribution in [0.2, 0.25) is 5.28 Å². The summed E-state index contributed by atoms with van der Waals surface area (Å²) in [5, 5.41) is 13.5. The van der Waals surface area contributed by atoms with Crippen molar-refractivity contribution in [3.63, 3.8) is 0 Å². The molecule has 9 heterocycles. The predicted octanol–water partition coefficient (Wildman–Crippen LogP) is 32.2. The van der Waals surface area contributed by atoms with E-state index in [-0.39, 0.29) is 5.28 Å². The molecule has 14 nitrogen and oxygen atoms in total. The quantitative estimate of drug-likeness (QED) is 0.0843. The van der Waals surface area contributed by atoms with Crippen molar-refractivity contribution in [2.75, 3.05) is 0 Å².